The van der Waals surface area contributed by atoms with E-state index in [1.54, 1.807) is 0 Å². The minimum absolute atomic E-state index is 0.139. The molecule has 3 N–H and O–H groups in total. The first-order chi connectivity index (χ1) is 9.21. The highest BCUT2D eigenvalue weighted by atomic mass is 16.3. The maximum atomic E-state index is 9.38. The fraction of sp³-hybridized carbons (Fsp3) is 0.714. The summed E-state index contributed by atoms with van der Waals surface area (Å²) in [7, 11) is 0. The van der Waals surface area contributed by atoms with E-state index in [0.29, 0.717) is 0 Å². The molecule has 0 saturated heterocycles. The molecule has 0 radical (unpaired) electrons. The summed E-state index contributed by atoms with van der Waals surface area (Å²) in [6, 6.07) is 1.94. The largest absolute Gasteiger partial charge is 0.394 e. The zero-order valence-corrected chi connectivity index (χ0v) is 11.9. The van der Waals surface area contributed by atoms with E-state index in [1.165, 1.54) is 0 Å². The maximum Gasteiger partial charge on any atom is 0.133 e. The molecule has 1 aliphatic carbocycles. The number of aromatic nitrogens is 2. The Bertz CT molecular complexity index is 418. The molecule has 5 heteroatoms. The molecule has 0 aliphatic heterocycles. The summed E-state index contributed by atoms with van der Waals surface area (Å²) < 4.78 is 0. The van der Waals surface area contributed by atoms with E-state index in [-0.39, 0.29) is 12.1 Å². The average molecular weight is 264 g/mol. The summed E-state index contributed by atoms with van der Waals surface area (Å²) in [6.07, 6.45) is 4.99. The van der Waals surface area contributed by atoms with Crippen LogP contribution in [0.25, 0.3) is 0 Å². The average Bonchev–Trinajstić information content (AvgIpc) is 3.17. The lowest BCUT2D eigenvalue weighted by atomic mass is 10.3. The zero-order chi connectivity index (χ0) is 13.7. The normalized spacial score (nSPS) is 16.2. The van der Waals surface area contributed by atoms with E-state index in [4.69, 9.17) is 0 Å². The first kappa shape index (κ1) is 14.1. The predicted molar refractivity (Wildman–Crippen MR) is 77.5 cm³/mol. The third-order valence-electron chi connectivity index (χ3n) is 3.35. The maximum absolute atomic E-state index is 9.38. The van der Waals surface area contributed by atoms with Gasteiger partial charge in [-0.1, -0.05) is 13.8 Å². The highest BCUT2D eigenvalue weighted by Crippen LogP contribution is 2.38. The molecule has 0 atom stereocenters. The van der Waals surface area contributed by atoms with Crippen LogP contribution in [0.1, 0.15) is 45.4 Å². The van der Waals surface area contributed by atoms with Gasteiger partial charge in [-0.25, -0.2) is 9.97 Å². The van der Waals surface area contributed by atoms with Crippen molar-refractivity contribution < 1.29 is 5.11 Å². The van der Waals surface area contributed by atoms with Crippen molar-refractivity contribution in [3.8, 4) is 0 Å². The molecule has 106 valence electrons. The highest BCUT2D eigenvalue weighted by Gasteiger charge is 2.42. The summed E-state index contributed by atoms with van der Waals surface area (Å²) in [4.78, 5) is 9.04. The Labute approximate surface area is 114 Å². The Hall–Kier alpha value is -1.36. The van der Waals surface area contributed by atoms with Gasteiger partial charge in [0.2, 0.25) is 0 Å². The van der Waals surface area contributed by atoms with Gasteiger partial charge in [0.1, 0.15) is 17.5 Å². The molecule has 1 aromatic heterocycles. The second-order valence-electron chi connectivity index (χ2n) is 5.29. The van der Waals surface area contributed by atoms with Crippen LogP contribution in [0, 0.1) is 0 Å². The Kier molecular flexibility index (Phi) is 4.58. The van der Waals surface area contributed by atoms with E-state index < -0.39 is 0 Å². The molecule has 0 spiro atoms. The number of rotatable bonds is 8. The SMILES string of the molecule is CCCNc1cc(NC2(CO)CC2)nc(CCC)n1. The molecule has 19 heavy (non-hydrogen) atoms. The van der Waals surface area contributed by atoms with Crippen molar-refractivity contribution in [2.45, 2.75) is 51.5 Å². The number of aryl methyl sites for hydroxylation is 1. The molecule has 1 aromatic rings. The minimum Gasteiger partial charge on any atom is -0.394 e. The third kappa shape index (κ3) is 3.80. The molecule has 2 rings (SSSR count). The summed E-state index contributed by atoms with van der Waals surface area (Å²) in [5.41, 5.74) is -0.139. The van der Waals surface area contributed by atoms with Crippen molar-refractivity contribution in [2.75, 3.05) is 23.8 Å². The van der Waals surface area contributed by atoms with Crippen LogP contribution in [-0.2, 0) is 6.42 Å². The lowest BCUT2D eigenvalue weighted by Crippen LogP contribution is -2.26. The summed E-state index contributed by atoms with van der Waals surface area (Å²) in [5, 5.41) is 16.0. The predicted octanol–water partition coefficient (Wildman–Crippen LogP) is 2.19. The molecular weight excluding hydrogens is 240 g/mol. The van der Waals surface area contributed by atoms with Crippen molar-refractivity contribution in [3.05, 3.63) is 11.9 Å². The molecule has 1 aliphatic rings. The first-order valence-electron chi connectivity index (χ1n) is 7.22. The fourth-order valence-corrected chi connectivity index (χ4v) is 1.99. The Morgan fingerprint density at radius 2 is 1.95 bits per heavy atom. The first-order valence-corrected chi connectivity index (χ1v) is 7.22. The van der Waals surface area contributed by atoms with Gasteiger partial charge in [0, 0.05) is 19.0 Å². The van der Waals surface area contributed by atoms with Gasteiger partial charge in [0.25, 0.3) is 0 Å². The smallest absolute Gasteiger partial charge is 0.133 e. The van der Waals surface area contributed by atoms with E-state index >= 15 is 0 Å². The number of nitrogens with one attached hydrogen (secondary N) is 2. The fourth-order valence-electron chi connectivity index (χ4n) is 1.99. The second kappa shape index (κ2) is 6.19. The number of anilines is 2. The second-order valence-corrected chi connectivity index (χ2v) is 5.29. The molecule has 1 heterocycles. The number of hydrogen-bond acceptors (Lipinski definition) is 5. The Balaban J connectivity index is 2.13. The van der Waals surface area contributed by atoms with Crippen molar-refractivity contribution in [1.29, 1.82) is 0 Å². The van der Waals surface area contributed by atoms with Crippen molar-refractivity contribution in [2.24, 2.45) is 0 Å². The monoisotopic (exact) mass is 264 g/mol. The summed E-state index contributed by atoms with van der Waals surface area (Å²) in [6.45, 7) is 5.33. The van der Waals surface area contributed by atoms with Crippen LogP contribution in [0.2, 0.25) is 0 Å². The van der Waals surface area contributed by atoms with Crippen molar-refractivity contribution in [1.82, 2.24) is 9.97 Å². The van der Waals surface area contributed by atoms with Crippen LogP contribution < -0.4 is 10.6 Å². The molecule has 0 unspecified atom stereocenters. The molecule has 0 amide bonds. The third-order valence-corrected chi connectivity index (χ3v) is 3.35. The standard InChI is InChI=1S/C14H24N4O/c1-3-5-11-16-12(15-8-4-2)9-13(17-11)18-14(10-19)6-7-14/h9,19H,3-8,10H2,1-2H3,(H2,15,16,17,18). The van der Waals surface area contributed by atoms with Crippen LogP contribution in [-0.4, -0.2) is 33.8 Å². The van der Waals surface area contributed by atoms with E-state index in [0.717, 1.165) is 56.1 Å². The van der Waals surface area contributed by atoms with Gasteiger partial charge in [-0.15, -0.1) is 0 Å². The van der Waals surface area contributed by atoms with Gasteiger partial charge in [-0.3, -0.25) is 0 Å². The van der Waals surface area contributed by atoms with E-state index in [9.17, 15) is 5.11 Å². The van der Waals surface area contributed by atoms with Gasteiger partial charge >= 0.3 is 0 Å². The molecule has 0 bridgehead atoms. The number of aliphatic hydroxyl groups excluding tert-OH is 1. The van der Waals surface area contributed by atoms with Gasteiger partial charge in [-0.2, -0.15) is 0 Å². The lowest BCUT2D eigenvalue weighted by Gasteiger charge is -2.16. The summed E-state index contributed by atoms with van der Waals surface area (Å²) >= 11 is 0. The van der Waals surface area contributed by atoms with Gasteiger partial charge in [0.15, 0.2) is 0 Å². The zero-order valence-electron chi connectivity index (χ0n) is 11.9. The van der Waals surface area contributed by atoms with Gasteiger partial charge in [-0.05, 0) is 25.7 Å². The lowest BCUT2D eigenvalue weighted by molar-refractivity contribution is 0.266. The Morgan fingerprint density at radius 3 is 2.53 bits per heavy atom. The van der Waals surface area contributed by atoms with E-state index in [2.05, 4.69) is 34.4 Å². The molecular formula is C14H24N4O. The quantitative estimate of drug-likeness (QED) is 0.671. The topological polar surface area (TPSA) is 70.1 Å². The summed E-state index contributed by atoms with van der Waals surface area (Å²) in [5.74, 6) is 2.56. The highest BCUT2D eigenvalue weighted by molar-refractivity contribution is 5.50. The Morgan fingerprint density at radius 1 is 1.21 bits per heavy atom. The van der Waals surface area contributed by atoms with Crippen LogP contribution in [0.3, 0.4) is 0 Å². The van der Waals surface area contributed by atoms with Crippen LogP contribution >= 0.6 is 0 Å². The molecule has 1 fully saturated rings. The number of nitrogens with zero attached hydrogens (tertiary/aromatic N) is 2. The van der Waals surface area contributed by atoms with Crippen LogP contribution in [0.4, 0.5) is 11.6 Å². The number of aliphatic hydroxyl groups is 1. The minimum atomic E-state index is -0.139. The molecule has 5 nitrogen and oxygen atoms in total. The van der Waals surface area contributed by atoms with Crippen LogP contribution in [0.5, 0.6) is 0 Å². The van der Waals surface area contributed by atoms with Gasteiger partial charge in [0.05, 0.1) is 12.1 Å². The van der Waals surface area contributed by atoms with Crippen LogP contribution in [0.15, 0.2) is 6.07 Å². The molecule has 1 saturated carbocycles. The van der Waals surface area contributed by atoms with Crippen molar-refractivity contribution >= 4 is 11.6 Å². The molecule has 0 aromatic carbocycles. The number of hydrogen-bond donors (Lipinski definition) is 3. The van der Waals surface area contributed by atoms with E-state index in [1.807, 2.05) is 6.07 Å². The van der Waals surface area contributed by atoms with Gasteiger partial charge < -0.3 is 15.7 Å². The van der Waals surface area contributed by atoms with Crippen molar-refractivity contribution in [3.63, 3.8) is 0 Å².